The van der Waals surface area contributed by atoms with Gasteiger partial charge in [-0.3, -0.25) is 0 Å². The lowest BCUT2D eigenvalue weighted by molar-refractivity contribution is 0.663. The maximum atomic E-state index is 6.84. The number of amidine groups is 2. The summed E-state index contributed by atoms with van der Waals surface area (Å²) in [6.07, 6.45) is -0.444. The van der Waals surface area contributed by atoms with Crippen molar-refractivity contribution in [2.24, 2.45) is 9.98 Å². The third-order valence-corrected chi connectivity index (χ3v) is 10.9. The molecule has 1 aliphatic heterocycles. The highest BCUT2D eigenvalue weighted by molar-refractivity contribution is 6.24. The van der Waals surface area contributed by atoms with Crippen molar-refractivity contribution in [3.63, 3.8) is 0 Å². The molecule has 12 rings (SSSR count). The Morgan fingerprint density at radius 1 is 0.481 bits per heavy atom. The lowest BCUT2D eigenvalue weighted by atomic mass is 9.98. The van der Waals surface area contributed by atoms with E-state index in [0.717, 1.165) is 77.4 Å². The van der Waals surface area contributed by atoms with Crippen molar-refractivity contribution in [3.05, 3.63) is 168 Å². The zero-order chi connectivity index (χ0) is 33.9. The Labute approximate surface area is 297 Å². The minimum Gasteiger partial charge on any atom is -0.456 e. The number of nitrogens with one attached hydrogen (secondary N) is 1. The molecule has 1 N–H and O–H groups in total. The van der Waals surface area contributed by atoms with Crippen molar-refractivity contribution < 1.29 is 8.83 Å². The number of nitrogens with zero attached hydrogens (tertiary/aromatic N) is 2. The summed E-state index contributed by atoms with van der Waals surface area (Å²) in [5.74, 6) is 1.41. The molecule has 8 aromatic carbocycles. The quantitative estimate of drug-likeness (QED) is 0.204. The van der Waals surface area contributed by atoms with Crippen LogP contribution in [-0.4, -0.2) is 11.7 Å². The number of para-hydroxylation sites is 1. The second-order valence-electron chi connectivity index (χ2n) is 13.7. The fourth-order valence-electron chi connectivity index (χ4n) is 8.58. The molecule has 242 valence electrons. The van der Waals surface area contributed by atoms with Crippen LogP contribution in [0.1, 0.15) is 22.9 Å². The van der Waals surface area contributed by atoms with Crippen molar-refractivity contribution in [2.75, 3.05) is 0 Å². The smallest absolute Gasteiger partial charge is 0.160 e. The van der Waals surface area contributed by atoms with Gasteiger partial charge in [-0.05, 0) is 68.6 Å². The SMILES string of the molecule is c1ccc2cc(C3=NC(c4cccc5oc6ccccc6c45)=NC(c4cccc5oc6c7c(ccc6c45)-c4cccc5cccc-7c45)N3)ccc2c1. The van der Waals surface area contributed by atoms with Crippen LogP contribution in [-0.2, 0) is 0 Å². The third-order valence-electron chi connectivity index (χ3n) is 10.9. The number of aliphatic imine (C=N–C) groups is 2. The van der Waals surface area contributed by atoms with Gasteiger partial charge in [-0.25, -0.2) is 9.98 Å². The maximum Gasteiger partial charge on any atom is 0.160 e. The average molecular weight is 666 g/mol. The van der Waals surface area contributed by atoms with E-state index in [1.54, 1.807) is 0 Å². The molecule has 3 heterocycles. The van der Waals surface area contributed by atoms with E-state index in [2.05, 4.69) is 127 Å². The van der Waals surface area contributed by atoms with Gasteiger partial charge in [0.05, 0.1) is 0 Å². The van der Waals surface area contributed by atoms with Crippen LogP contribution in [0.5, 0.6) is 0 Å². The summed E-state index contributed by atoms with van der Waals surface area (Å²) >= 11 is 0. The van der Waals surface area contributed by atoms with Crippen LogP contribution in [0.25, 0.3) is 87.7 Å². The number of rotatable bonds is 3. The van der Waals surface area contributed by atoms with Gasteiger partial charge in [-0.2, -0.15) is 0 Å². The molecule has 2 aromatic heterocycles. The first-order valence-electron chi connectivity index (χ1n) is 17.6. The van der Waals surface area contributed by atoms with Crippen molar-refractivity contribution in [2.45, 2.75) is 6.17 Å². The molecule has 0 amide bonds. The number of hydrogen-bond donors (Lipinski definition) is 1. The molecule has 1 unspecified atom stereocenters. The number of furan rings is 2. The molecule has 0 bridgehead atoms. The third kappa shape index (κ3) is 3.82. The Kier molecular flexibility index (Phi) is 5.50. The van der Waals surface area contributed by atoms with Crippen LogP contribution < -0.4 is 5.32 Å². The predicted molar refractivity (Wildman–Crippen MR) is 212 cm³/mol. The molecule has 52 heavy (non-hydrogen) atoms. The Bertz CT molecular complexity index is 3230. The van der Waals surface area contributed by atoms with Gasteiger partial charge in [0.2, 0.25) is 0 Å². The molecular formula is C47H27N3O2. The standard InChI is InChI=1S/C47H27N3O2/c1-2-10-28-25-29(22-21-26(28)9-1)45-48-46(35-16-7-19-38-41(35)32-13-3-4-18-37(32)51-38)50-47(49-45)36-17-8-20-39-42(36)34-24-23-31-30-14-5-11-27-12-6-15-33(40(27)30)43(31)44(34)52-39/h1-25,47H,(H,48,49,50). The zero-order valence-electron chi connectivity index (χ0n) is 27.7. The largest absolute Gasteiger partial charge is 0.456 e. The second-order valence-corrected chi connectivity index (χ2v) is 13.7. The lowest BCUT2D eigenvalue weighted by Gasteiger charge is -2.24. The van der Waals surface area contributed by atoms with E-state index in [0.29, 0.717) is 5.84 Å². The van der Waals surface area contributed by atoms with E-state index in [1.165, 1.54) is 32.8 Å². The first kappa shape index (κ1) is 27.8. The van der Waals surface area contributed by atoms with E-state index >= 15 is 0 Å². The van der Waals surface area contributed by atoms with Crippen molar-refractivity contribution in [1.82, 2.24) is 5.32 Å². The fraction of sp³-hybridized carbons (Fsp3) is 0.0213. The highest BCUT2D eigenvalue weighted by Crippen LogP contribution is 2.52. The Morgan fingerprint density at radius 2 is 1.21 bits per heavy atom. The number of fused-ring (bicyclic) bond motifs is 11. The zero-order valence-corrected chi connectivity index (χ0v) is 27.7. The second kappa shape index (κ2) is 10.3. The summed E-state index contributed by atoms with van der Waals surface area (Å²) < 4.78 is 13.1. The molecule has 0 saturated heterocycles. The van der Waals surface area contributed by atoms with E-state index in [-0.39, 0.29) is 0 Å². The van der Waals surface area contributed by atoms with E-state index in [1.807, 2.05) is 30.3 Å². The molecule has 0 fully saturated rings. The molecule has 2 aliphatic rings. The summed E-state index contributed by atoms with van der Waals surface area (Å²) in [7, 11) is 0. The van der Waals surface area contributed by atoms with E-state index in [9.17, 15) is 0 Å². The van der Waals surface area contributed by atoms with Gasteiger partial charge in [-0.15, -0.1) is 0 Å². The molecule has 10 aromatic rings. The molecule has 0 saturated carbocycles. The van der Waals surface area contributed by atoms with Gasteiger partial charge >= 0.3 is 0 Å². The number of benzene rings is 8. The van der Waals surface area contributed by atoms with E-state index < -0.39 is 6.17 Å². The number of hydrogen-bond acceptors (Lipinski definition) is 5. The van der Waals surface area contributed by atoms with Crippen LogP contribution >= 0.6 is 0 Å². The molecule has 1 atom stereocenters. The molecule has 0 radical (unpaired) electrons. The average Bonchev–Trinajstić information content (AvgIpc) is 3.88. The highest BCUT2D eigenvalue weighted by atomic mass is 16.3. The maximum absolute atomic E-state index is 6.84. The Morgan fingerprint density at radius 3 is 2.13 bits per heavy atom. The molecule has 0 spiro atoms. The molecule has 1 aliphatic carbocycles. The van der Waals surface area contributed by atoms with Gasteiger partial charge in [-0.1, -0.05) is 121 Å². The van der Waals surface area contributed by atoms with Crippen LogP contribution in [0.3, 0.4) is 0 Å². The summed E-state index contributed by atoms with van der Waals surface area (Å²) in [5, 5.41) is 12.8. The summed E-state index contributed by atoms with van der Waals surface area (Å²) in [4.78, 5) is 10.7. The van der Waals surface area contributed by atoms with Gasteiger partial charge < -0.3 is 14.2 Å². The summed E-state index contributed by atoms with van der Waals surface area (Å²) in [6.45, 7) is 0. The molecular weight excluding hydrogens is 639 g/mol. The van der Waals surface area contributed by atoms with Crippen LogP contribution in [0.2, 0.25) is 0 Å². The summed E-state index contributed by atoms with van der Waals surface area (Å²) in [6, 6.07) is 53.1. The first-order valence-corrected chi connectivity index (χ1v) is 17.6. The normalized spacial score (nSPS) is 15.1. The first-order chi connectivity index (χ1) is 25.8. The summed E-state index contributed by atoms with van der Waals surface area (Å²) in [5.41, 5.74) is 11.2. The van der Waals surface area contributed by atoms with Gasteiger partial charge in [0.25, 0.3) is 0 Å². The molecule has 5 nitrogen and oxygen atoms in total. The van der Waals surface area contributed by atoms with Gasteiger partial charge in [0.1, 0.15) is 34.3 Å². The van der Waals surface area contributed by atoms with Crippen LogP contribution in [0, 0.1) is 0 Å². The lowest BCUT2D eigenvalue weighted by Crippen LogP contribution is -2.33. The minimum atomic E-state index is -0.444. The van der Waals surface area contributed by atoms with Crippen LogP contribution in [0.15, 0.2) is 170 Å². The van der Waals surface area contributed by atoms with Crippen molar-refractivity contribution in [1.29, 1.82) is 0 Å². The van der Waals surface area contributed by atoms with Crippen LogP contribution in [0.4, 0.5) is 0 Å². The highest BCUT2D eigenvalue weighted by Gasteiger charge is 2.29. The van der Waals surface area contributed by atoms with Crippen molar-refractivity contribution >= 4 is 77.1 Å². The van der Waals surface area contributed by atoms with Gasteiger partial charge in [0.15, 0.2) is 5.84 Å². The fourth-order valence-corrected chi connectivity index (χ4v) is 8.58. The Balaban J connectivity index is 1.09. The van der Waals surface area contributed by atoms with Crippen molar-refractivity contribution in [3.8, 4) is 22.3 Å². The topological polar surface area (TPSA) is 63.0 Å². The van der Waals surface area contributed by atoms with E-state index in [4.69, 9.17) is 18.8 Å². The molecule has 5 heteroatoms. The Hall–Kier alpha value is -6.98. The minimum absolute atomic E-state index is 0.444. The monoisotopic (exact) mass is 665 g/mol. The van der Waals surface area contributed by atoms with Gasteiger partial charge in [0, 0.05) is 43.8 Å². The predicted octanol–water partition coefficient (Wildman–Crippen LogP) is 11.9.